The summed E-state index contributed by atoms with van der Waals surface area (Å²) in [6.07, 6.45) is 10.6. The van der Waals surface area contributed by atoms with Crippen molar-refractivity contribution >= 4 is 33.1 Å². The van der Waals surface area contributed by atoms with Crippen molar-refractivity contribution in [1.29, 1.82) is 0 Å². The molecule has 0 saturated heterocycles. The maximum Gasteiger partial charge on any atom is 0.192 e. The summed E-state index contributed by atoms with van der Waals surface area (Å²) in [5.74, 6) is 2.25. The van der Waals surface area contributed by atoms with Crippen LogP contribution >= 0.6 is 0 Å². The molecule has 0 amide bonds. The van der Waals surface area contributed by atoms with E-state index in [1.807, 2.05) is 6.20 Å². The van der Waals surface area contributed by atoms with E-state index in [1.165, 1.54) is 49.2 Å². The quantitative estimate of drug-likeness (QED) is 0.268. The minimum Gasteiger partial charge on any atom is -0.411 e. The molecule has 2 aromatic rings. The first-order valence-corrected chi connectivity index (χ1v) is 20.9. The molecule has 2 unspecified atom stereocenters. The Kier molecular flexibility index (Phi) is 6.79. The van der Waals surface area contributed by atoms with Crippen molar-refractivity contribution in [3.05, 3.63) is 24.5 Å². The van der Waals surface area contributed by atoms with Crippen molar-refractivity contribution in [3.8, 4) is 0 Å². The fraction of sp³-hybridized carbons (Fsp3) is 0.759. The number of nitrogens with one attached hydrogen (secondary N) is 1. The van der Waals surface area contributed by atoms with Gasteiger partial charge < -0.3 is 19.0 Å². The third-order valence-corrected chi connectivity index (χ3v) is 16.0. The van der Waals surface area contributed by atoms with Crippen LogP contribution in [0.1, 0.15) is 52.9 Å². The lowest BCUT2D eigenvalue weighted by atomic mass is 9.52. The van der Waals surface area contributed by atoms with Crippen LogP contribution in [0.25, 0.3) is 11.0 Å². The number of pyridine rings is 1. The Balaban J connectivity index is 1.29. The van der Waals surface area contributed by atoms with Gasteiger partial charge in [0.15, 0.2) is 8.32 Å². The zero-order valence-corrected chi connectivity index (χ0v) is 26.0. The second kappa shape index (κ2) is 9.24. The van der Waals surface area contributed by atoms with E-state index in [2.05, 4.69) is 81.7 Å². The van der Waals surface area contributed by atoms with Crippen LogP contribution < -0.4 is 5.32 Å². The molecular formula is C29H49N3O2Si2. The standard InChI is InChI=1S/C29H49N3O2Si2/c1-28(2,3)36(7,8)34-29-17-21-15-22(18-29)26(23(16-21)19-29)31-25-9-11-30-27-24(25)10-12-32(27)20-33-13-14-35(4,5)6/h9-12,21-23,26H,13-20H2,1-8H3,(H,30,31). The molecule has 2 atom stereocenters. The van der Waals surface area contributed by atoms with Gasteiger partial charge in [-0.1, -0.05) is 40.4 Å². The first kappa shape index (κ1) is 26.5. The SMILES string of the molecule is CC(C)(C)[Si](C)(C)OC12CC3CC(C1)C(Nc1ccnc4c1ccn4COCC[Si](C)(C)C)C(C3)C2. The summed E-state index contributed by atoms with van der Waals surface area (Å²) in [7, 11) is -2.86. The van der Waals surface area contributed by atoms with E-state index in [0.717, 1.165) is 18.2 Å². The average molecular weight is 528 g/mol. The van der Waals surface area contributed by atoms with Crippen molar-refractivity contribution in [3.63, 3.8) is 0 Å². The Morgan fingerprint density at radius 1 is 1.06 bits per heavy atom. The summed E-state index contributed by atoms with van der Waals surface area (Å²) in [5, 5.41) is 5.53. The molecule has 2 heterocycles. The molecule has 6 rings (SSSR count). The van der Waals surface area contributed by atoms with Crippen molar-refractivity contribution < 1.29 is 9.16 Å². The molecule has 4 aliphatic rings. The lowest BCUT2D eigenvalue weighted by Gasteiger charge is -2.62. The molecule has 1 N–H and O–H groups in total. The smallest absolute Gasteiger partial charge is 0.192 e. The highest BCUT2D eigenvalue weighted by molar-refractivity contribution is 6.76. The molecule has 5 nitrogen and oxygen atoms in total. The third kappa shape index (κ3) is 5.22. The normalized spacial score (nSPS) is 30.3. The minimum atomic E-state index is -1.79. The van der Waals surface area contributed by atoms with E-state index >= 15 is 0 Å². The molecule has 0 aliphatic heterocycles. The highest BCUT2D eigenvalue weighted by Crippen LogP contribution is 2.59. The number of hydrogen-bond acceptors (Lipinski definition) is 4. The lowest BCUT2D eigenvalue weighted by Crippen LogP contribution is -2.63. The van der Waals surface area contributed by atoms with Gasteiger partial charge in [-0.05, 0) is 86.2 Å². The molecule has 4 bridgehead atoms. The van der Waals surface area contributed by atoms with Crippen molar-refractivity contribution in [2.45, 2.75) is 115 Å². The average Bonchev–Trinajstić information content (AvgIpc) is 3.15. The Morgan fingerprint density at radius 2 is 1.75 bits per heavy atom. The van der Waals surface area contributed by atoms with Crippen LogP contribution in [0.4, 0.5) is 5.69 Å². The molecule has 200 valence electrons. The third-order valence-electron chi connectivity index (χ3n) is 9.71. The van der Waals surface area contributed by atoms with Crippen LogP contribution in [0.15, 0.2) is 24.5 Å². The maximum absolute atomic E-state index is 7.23. The van der Waals surface area contributed by atoms with Crippen LogP contribution in [-0.4, -0.2) is 44.2 Å². The molecule has 2 aromatic heterocycles. The van der Waals surface area contributed by atoms with E-state index in [9.17, 15) is 0 Å². The Labute approximate surface area is 220 Å². The van der Waals surface area contributed by atoms with Gasteiger partial charge in [0, 0.05) is 44.2 Å². The predicted octanol–water partition coefficient (Wildman–Crippen LogP) is 7.73. The van der Waals surface area contributed by atoms with Gasteiger partial charge in [-0.25, -0.2) is 4.98 Å². The van der Waals surface area contributed by atoms with E-state index < -0.39 is 16.4 Å². The predicted molar refractivity (Wildman–Crippen MR) is 156 cm³/mol. The maximum atomic E-state index is 7.23. The largest absolute Gasteiger partial charge is 0.411 e. The number of anilines is 1. The first-order chi connectivity index (χ1) is 16.8. The summed E-state index contributed by atoms with van der Waals surface area (Å²) in [4.78, 5) is 4.72. The van der Waals surface area contributed by atoms with Gasteiger partial charge in [-0.3, -0.25) is 0 Å². The van der Waals surface area contributed by atoms with Crippen molar-refractivity contribution in [1.82, 2.24) is 9.55 Å². The first-order valence-electron chi connectivity index (χ1n) is 14.2. The number of ether oxygens (including phenoxy) is 1. The molecule has 4 saturated carbocycles. The monoisotopic (exact) mass is 527 g/mol. The van der Waals surface area contributed by atoms with Gasteiger partial charge in [0.25, 0.3) is 0 Å². The van der Waals surface area contributed by atoms with Gasteiger partial charge in [0.1, 0.15) is 12.4 Å². The van der Waals surface area contributed by atoms with E-state index in [1.54, 1.807) is 0 Å². The van der Waals surface area contributed by atoms with Crippen LogP contribution in [0.3, 0.4) is 0 Å². The van der Waals surface area contributed by atoms with Gasteiger partial charge in [0.05, 0.1) is 5.60 Å². The summed E-state index contributed by atoms with van der Waals surface area (Å²) in [6.45, 7) is 20.6. The molecule has 36 heavy (non-hydrogen) atoms. The van der Waals surface area contributed by atoms with Crippen LogP contribution in [0.5, 0.6) is 0 Å². The number of aromatic nitrogens is 2. The summed E-state index contributed by atoms with van der Waals surface area (Å²) < 4.78 is 15.4. The van der Waals surface area contributed by atoms with Gasteiger partial charge in [-0.15, -0.1) is 0 Å². The van der Waals surface area contributed by atoms with Crippen LogP contribution in [0.2, 0.25) is 43.8 Å². The molecule has 4 fully saturated rings. The molecule has 0 aromatic carbocycles. The van der Waals surface area contributed by atoms with E-state index in [0.29, 0.717) is 24.6 Å². The Hall–Kier alpha value is -1.16. The number of fused-ring (bicyclic) bond motifs is 1. The molecule has 0 radical (unpaired) electrons. The second-order valence-electron chi connectivity index (χ2n) is 14.9. The van der Waals surface area contributed by atoms with Crippen molar-refractivity contribution in [2.24, 2.45) is 17.8 Å². The van der Waals surface area contributed by atoms with E-state index in [-0.39, 0.29) is 10.6 Å². The number of nitrogens with zero attached hydrogens (tertiary/aromatic N) is 2. The number of hydrogen-bond donors (Lipinski definition) is 1. The minimum absolute atomic E-state index is 0.127. The topological polar surface area (TPSA) is 48.3 Å². The second-order valence-corrected chi connectivity index (χ2v) is 25.3. The summed E-state index contributed by atoms with van der Waals surface area (Å²) in [5.41, 5.74) is 2.38. The Morgan fingerprint density at radius 3 is 2.39 bits per heavy atom. The highest BCUT2D eigenvalue weighted by Gasteiger charge is 2.58. The van der Waals surface area contributed by atoms with E-state index in [4.69, 9.17) is 14.1 Å². The lowest BCUT2D eigenvalue weighted by molar-refractivity contribution is -0.120. The van der Waals surface area contributed by atoms with Crippen molar-refractivity contribution in [2.75, 3.05) is 11.9 Å². The van der Waals surface area contributed by atoms with Crippen LogP contribution in [-0.2, 0) is 15.9 Å². The van der Waals surface area contributed by atoms with Gasteiger partial charge >= 0.3 is 0 Å². The Bertz CT molecular complexity index is 1070. The molecule has 4 aliphatic carbocycles. The zero-order valence-electron chi connectivity index (χ0n) is 24.0. The van der Waals surface area contributed by atoms with Gasteiger partial charge in [-0.2, -0.15) is 0 Å². The number of rotatable bonds is 9. The van der Waals surface area contributed by atoms with Gasteiger partial charge in [0.2, 0.25) is 0 Å². The summed E-state index contributed by atoms with van der Waals surface area (Å²) >= 11 is 0. The van der Waals surface area contributed by atoms with Crippen LogP contribution in [0, 0.1) is 17.8 Å². The molecule has 0 spiro atoms. The molecule has 7 heteroatoms. The fourth-order valence-corrected chi connectivity index (χ4v) is 9.44. The highest BCUT2D eigenvalue weighted by atomic mass is 28.4. The fourth-order valence-electron chi connectivity index (χ4n) is 7.05. The zero-order chi connectivity index (χ0) is 25.9. The molecular weight excluding hydrogens is 479 g/mol. The summed E-state index contributed by atoms with van der Waals surface area (Å²) in [6, 6.07) is 6.12.